The SMILES string of the molecule is [CH2]/C=C/c1ccc(F)c(-n2cccn2)c1. The van der Waals surface area contributed by atoms with Gasteiger partial charge in [0.1, 0.15) is 11.5 Å². The van der Waals surface area contributed by atoms with Gasteiger partial charge in [-0.3, -0.25) is 0 Å². The van der Waals surface area contributed by atoms with Gasteiger partial charge in [0.25, 0.3) is 0 Å². The molecule has 0 N–H and O–H groups in total. The van der Waals surface area contributed by atoms with Gasteiger partial charge in [0.2, 0.25) is 0 Å². The fourth-order valence-electron chi connectivity index (χ4n) is 1.36. The molecule has 0 saturated carbocycles. The summed E-state index contributed by atoms with van der Waals surface area (Å²) in [5.41, 5.74) is 1.34. The molecule has 1 aromatic heterocycles. The van der Waals surface area contributed by atoms with E-state index in [4.69, 9.17) is 0 Å². The van der Waals surface area contributed by atoms with E-state index in [-0.39, 0.29) is 5.82 Å². The maximum absolute atomic E-state index is 13.5. The van der Waals surface area contributed by atoms with Gasteiger partial charge < -0.3 is 0 Å². The Morgan fingerprint density at radius 3 is 2.93 bits per heavy atom. The van der Waals surface area contributed by atoms with Crippen molar-refractivity contribution in [3.05, 3.63) is 61.0 Å². The van der Waals surface area contributed by atoms with E-state index in [0.29, 0.717) is 5.69 Å². The molecule has 2 rings (SSSR count). The van der Waals surface area contributed by atoms with Gasteiger partial charge in [-0.05, 0) is 30.7 Å². The molecular formula is C12H10FN2. The Hall–Kier alpha value is -1.90. The quantitative estimate of drug-likeness (QED) is 0.730. The number of hydrogen-bond acceptors (Lipinski definition) is 1. The van der Waals surface area contributed by atoms with Gasteiger partial charge in [-0.25, -0.2) is 9.07 Å². The van der Waals surface area contributed by atoms with Crippen LogP contribution in [0.5, 0.6) is 0 Å². The van der Waals surface area contributed by atoms with Crippen molar-refractivity contribution in [1.29, 1.82) is 0 Å². The first-order valence-electron chi connectivity index (χ1n) is 4.56. The lowest BCUT2D eigenvalue weighted by Crippen LogP contribution is -1.98. The molecule has 0 aliphatic rings. The summed E-state index contributed by atoms with van der Waals surface area (Å²) in [4.78, 5) is 0. The van der Waals surface area contributed by atoms with E-state index in [1.807, 2.05) is 6.08 Å². The Bertz CT molecular complexity index is 472. The predicted molar refractivity (Wildman–Crippen MR) is 57.9 cm³/mol. The second-order valence-corrected chi connectivity index (χ2v) is 3.06. The molecule has 2 aromatic rings. The summed E-state index contributed by atoms with van der Waals surface area (Å²) in [5.74, 6) is -0.292. The largest absolute Gasteiger partial charge is 0.238 e. The van der Waals surface area contributed by atoms with Crippen LogP contribution in [0.25, 0.3) is 11.8 Å². The molecule has 0 saturated heterocycles. The van der Waals surface area contributed by atoms with E-state index >= 15 is 0 Å². The van der Waals surface area contributed by atoms with Crippen LogP contribution >= 0.6 is 0 Å². The zero-order chi connectivity index (χ0) is 10.7. The minimum absolute atomic E-state index is 0.292. The smallest absolute Gasteiger partial charge is 0.148 e. The molecule has 0 aliphatic heterocycles. The van der Waals surface area contributed by atoms with E-state index in [0.717, 1.165) is 5.56 Å². The average Bonchev–Trinajstić information content (AvgIpc) is 2.74. The number of nitrogens with zero attached hydrogens (tertiary/aromatic N) is 2. The lowest BCUT2D eigenvalue weighted by molar-refractivity contribution is 0.610. The zero-order valence-corrected chi connectivity index (χ0v) is 8.10. The maximum atomic E-state index is 13.5. The molecule has 0 fully saturated rings. The first-order chi connectivity index (χ1) is 7.31. The Balaban J connectivity index is 2.50. The Labute approximate surface area is 87.7 Å². The monoisotopic (exact) mass is 201 g/mol. The summed E-state index contributed by atoms with van der Waals surface area (Å²) in [6.45, 7) is 3.60. The van der Waals surface area contributed by atoms with E-state index in [1.165, 1.54) is 10.7 Å². The number of benzene rings is 1. The highest BCUT2D eigenvalue weighted by molar-refractivity contribution is 5.54. The maximum Gasteiger partial charge on any atom is 0.148 e. The summed E-state index contributed by atoms with van der Waals surface area (Å²) in [5, 5.41) is 3.99. The third-order valence-electron chi connectivity index (χ3n) is 2.03. The van der Waals surface area contributed by atoms with Crippen LogP contribution in [0.15, 0.2) is 42.7 Å². The van der Waals surface area contributed by atoms with E-state index in [9.17, 15) is 4.39 Å². The van der Waals surface area contributed by atoms with Crippen molar-refractivity contribution in [3.8, 4) is 5.69 Å². The highest BCUT2D eigenvalue weighted by atomic mass is 19.1. The molecule has 0 spiro atoms. The van der Waals surface area contributed by atoms with Crippen LogP contribution in [0.4, 0.5) is 4.39 Å². The molecule has 15 heavy (non-hydrogen) atoms. The molecule has 0 unspecified atom stereocenters. The lowest BCUT2D eigenvalue weighted by Gasteiger charge is -2.04. The first-order valence-corrected chi connectivity index (χ1v) is 4.56. The molecule has 1 heterocycles. The number of aromatic nitrogens is 2. The number of hydrogen-bond donors (Lipinski definition) is 0. The van der Waals surface area contributed by atoms with Crippen molar-refractivity contribution < 1.29 is 4.39 Å². The van der Waals surface area contributed by atoms with Crippen LogP contribution in [0.1, 0.15) is 5.56 Å². The molecular weight excluding hydrogens is 191 g/mol. The highest BCUT2D eigenvalue weighted by Crippen LogP contribution is 2.15. The molecule has 0 bridgehead atoms. The number of allylic oxidation sites excluding steroid dienone is 1. The predicted octanol–water partition coefficient (Wildman–Crippen LogP) is 2.86. The van der Waals surface area contributed by atoms with Crippen LogP contribution in [0.3, 0.4) is 0 Å². The van der Waals surface area contributed by atoms with Crippen molar-refractivity contribution in [2.24, 2.45) is 0 Å². The summed E-state index contributed by atoms with van der Waals surface area (Å²) in [6.07, 6.45) is 6.80. The van der Waals surface area contributed by atoms with Crippen molar-refractivity contribution >= 4 is 6.08 Å². The van der Waals surface area contributed by atoms with Crippen LogP contribution in [0.2, 0.25) is 0 Å². The number of halogens is 1. The van der Waals surface area contributed by atoms with Crippen LogP contribution < -0.4 is 0 Å². The molecule has 0 amide bonds. The molecule has 0 aliphatic carbocycles. The summed E-state index contributed by atoms with van der Waals surface area (Å²) in [7, 11) is 0. The Kier molecular flexibility index (Phi) is 2.63. The summed E-state index contributed by atoms with van der Waals surface area (Å²) < 4.78 is 15.0. The average molecular weight is 201 g/mol. The molecule has 0 atom stereocenters. The zero-order valence-electron chi connectivity index (χ0n) is 8.10. The Morgan fingerprint density at radius 1 is 1.40 bits per heavy atom. The third kappa shape index (κ3) is 1.96. The van der Waals surface area contributed by atoms with E-state index < -0.39 is 0 Å². The van der Waals surface area contributed by atoms with Crippen molar-refractivity contribution in [2.45, 2.75) is 0 Å². The van der Waals surface area contributed by atoms with E-state index in [1.54, 1.807) is 36.7 Å². The van der Waals surface area contributed by atoms with Crippen molar-refractivity contribution in [1.82, 2.24) is 9.78 Å². The number of rotatable bonds is 2. The molecule has 3 heteroatoms. The van der Waals surface area contributed by atoms with Gasteiger partial charge in [0, 0.05) is 12.4 Å². The van der Waals surface area contributed by atoms with Gasteiger partial charge in [-0.15, -0.1) is 0 Å². The fourth-order valence-corrected chi connectivity index (χ4v) is 1.36. The van der Waals surface area contributed by atoms with Gasteiger partial charge in [-0.2, -0.15) is 5.10 Å². The van der Waals surface area contributed by atoms with Gasteiger partial charge in [0.05, 0.1) is 0 Å². The minimum atomic E-state index is -0.292. The molecule has 1 aromatic carbocycles. The normalized spacial score (nSPS) is 11.1. The fraction of sp³-hybridized carbons (Fsp3) is 0. The Morgan fingerprint density at radius 2 is 2.27 bits per heavy atom. The van der Waals surface area contributed by atoms with Crippen LogP contribution in [0, 0.1) is 12.7 Å². The van der Waals surface area contributed by atoms with Gasteiger partial charge in [0.15, 0.2) is 0 Å². The van der Waals surface area contributed by atoms with Crippen molar-refractivity contribution in [3.63, 3.8) is 0 Å². The third-order valence-corrected chi connectivity index (χ3v) is 2.03. The molecule has 75 valence electrons. The van der Waals surface area contributed by atoms with E-state index in [2.05, 4.69) is 12.0 Å². The lowest BCUT2D eigenvalue weighted by atomic mass is 10.2. The summed E-state index contributed by atoms with van der Waals surface area (Å²) >= 11 is 0. The first kappa shape index (κ1) is 9.65. The minimum Gasteiger partial charge on any atom is -0.238 e. The van der Waals surface area contributed by atoms with Crippen LogP contribution in [-0.2, 0) is 0 Å². The van der Waals surface area contributed by atoms with Gasteiger partial charge in [-0.1, -0.05) is 18.2 Å². The second-order valence-electron chi connectivity index (χ2n) is 3.06. The summed E-state index contributed by atoms with van der Waals surface area (Å²) in [6, 6.07) is 6.60. The molecule has 2 nitrogen and oxygen atoms in total. The van der Waals surface area contributed by atoms with Gasteiger partial charge >= 0.3 is 0 Å². The molecule has 1 radical (unpaired) electrons. The topological polar surface area (TPSA) is 17.8 Å². The van der Waals surface area contributed by atoms with Crippen LogP contribution in [-0.4, -0.2) is 9.78 Å². The second kappa shape index (κ2) is 4.09. The highest BCUT2D eigenvalue weighted by Gasteiger charge is 2.04. The van der Waals surface area contributed by atoms with Crippen molar-refractivity contribution in [2.75, 3.05) is 0 Å². The standard InChI is InChI=1S/C12H10FN2/c1-2-4-10-5-6-11(13)12(9-10)15-8-3-7-14-15/h2-9H,1H2/b4-2+.